The number of benzene rings is 1. The number of nitrogens with two attached hydrogens (primary N) is 1. The minimum absolute atomic E-state index is 0.108. The van der Waals surface area contributed by atoms with Crippen LogP contribution in [0.4, 0.5) is 0 Å². The number of hydrogen-bond acceptors (Lipinski definition) is 4. The maximum atomic E-state index is 6.11. The predicted octanol–water partition coefficient (Wildman–Crippen LogP) is 4.23. The molecule has 1 atom stereocenters. The molecule has 6 heteroatoms. The van der Waals surface area contributed by atoms with Crippen molar-refractivity contribution in [1.82, 2.24) is 9.38 Å². The summed E-state index contributed by atoms with van der Waals surface area (Å²) in [5.41, 5.74) is 7.14. The molecule has 2 heterocycles. The third-order valence-corrected chi connectivity index (χ3v) is 4.62. The van der Waals surface area contributed by atoms with Crippen molar-refractivity contribution in [3.63, 3.8) is 0 Å². The van der Waals surface area contributed by atoms with Gasteiger partial charge < -0.3 is 10.5 Å². The van der Waals surface area contributed by atoms with E-state index >= 15 is 0 Å². The highest BCUT2D eigenvalue weighted by Gasteiger charge is 2.17. The number of rotatable bonds is 5. The summed E-state index contributed by atoms with van der Waals surface area (Å²) in [4.78, 5) is 5.50. The molecule has 0 bridgehead atoms. The van der Waals surface area contributed by atoms with Gasteiger partial charge >= 0.3 is 0 Å². The van der Waals surface area contributed by atoms with Crippen molar-refractivity contribution in [3.05, 3.63) is 46.0 Å². The number of nitrogens with zero attached hydrogens (tertiary/aromatic N) is 2. The maximum Gasteiger partial charge on any atom is 0.242 e. The van der Waals surface area contributed by atoms with E-state index in [1.807, 2.05) is 35.8 Å². The first-order valence-electron chi connectivity index (χ1n) is 6.80. The van der Waals surface area contributed by atoms with Gasteiger partial charge in [0.2, 0.25) is 5.88 Å². The zero-order valence-electron chi connectivity index (χ0n) is 11.6. The Morgan fingerprint density at radius 1 is 1.38 bits per heavy atom. The number of aromatic nitrogens is 2. The molecule has 4 nitrogen and oxygen atoms in total. The first-order valence-corrected chi connectivity index (χ1v) is 8.48. The first kappa shape index (κ1) is 14.6. The van der Waals surface area contributed by atoms with Crippen LogP contribution in [0.3, 0.4) is 0 Å². The van der Waals surface area contributed by atoms with Crippen LogP contribution in [0.1, 0.15) is 19.0 Å². The van der Waals surface area contributed by atoms with Crippen molar-refractivity contribution in [2.75, 3.05) is 0 Å². The molecule has 1 unspecified atom stereocenters. The number of thiazole rings is 1. The zero-order chi connectivity index (χ0) is 14.8. The maximum absolute atomic E-state index is 6.11. The third-order valence-electron chi connectivity index (χ3n) is 3.33. The lowest BCUT2D eigenvalue weighted by atomic mass is 10.1. The number of imidazole rings is 1. The Balaban J connectivity index is 1.94. The lowest BCUT2D eigenvalue weighted by molar-refractivity contribution is 0.455. The Labute approximate surface area is 135 Å². The Morgan fingerprint density at radius 3 is 2.86 bits per heavy atom. The van der Waals surface area contributed by atoms with E-state index in [0.29, 0.717) is 5.88 Å². The molecule has 0 aliphatic rings. The summed E-state index contributed by atoms with van der Waals surface area (Å²) in [6.07, 6.45) is 3.69. The molecule has 3 aromatic rings. The lowest BCUT2D eigenvalue weighted by Crippen LogP contribution is -2.22. The SMILES string of the molecule is CCC(N)Cc1c(Oc2ccc(Br)cc2)nc2sccn12. The van der Waals surface area contributed by atoms with Crippen molar-refractivity contribution in [2.24, 2.45) is 5.73 Å². The minimum Gasteiger partial charge on any atom is -0.437 e. The van der Waals surface area contributed by atoms with Gasteiger partial charge in [-0.2, -0.15) is 4.98 Å². The molecule has 0 amide bonds. The van der Waals surface area contributed by atoms with Crippen molar-refractivity contribution >= 4 is 32.2 Å². The van der Waals surface area contributed by atoms with Gasteiger partial charge in [-0.05, 0) is 30.7 Å². The Kier molecular flexibility index (Phi) is 4.28. The van der Waals surface area contributed by atoms with Crippen molar-refractivity contribution in [3.8, 4) is 11.6 Å². The molecule has 0 aliphatic heterocycles. The largest absolute Gasteiger partial charge is 0.437 e. The molecule has 0 fully saturated rings. The molecule has 110 valence electrons. The van der Waals surface area contributed by atoms with Gasteiger partial charge in [-0.15, -0.1) is 11.3 Å². The molecule has 0 saturated carbocycles. The number of fused-ring (bicyclic) bond motifs is 1. The molecular formula is C15H16BrN3OS. The summed E-state index contributed by atoms with van der Waals surface area (Å²) in [5.74, 6) is 1.42. The second-order valence-corrected chi connectivity index (χ2v) is 6.64. The fourth-order valence-electron chi connectivity index (χ4n) is 2.09. The van der Waals surface area contributed by atoms with Crippen LogP contribution in [0, 0.1) is 0 Å². The smallest absolute Gasteiger partial charge is 0.242 e. The van der Waals surface area contributed by atoms with E-state index in [0.717, 1.165) is 33.7 Å². The van der Waals surface area contributed by atoms with E-state index in [9.17, 15) is 0 Å². The van der Waals surface area contributed by atoms with E-state index in [4.69, 9.17) is 10.5 Å². The number of halogens is 1. The number of hydrogen-bond donors (Lipinski definition) is 1. The summed E-state index contributed by atoms with van der Waals surface area (Å²) >= 11 is 5.01. The van der Waals surface area contributed by atoms with Crippen molar-refractivity contribution < 1.29 is 4.74 Å². The highest BCUT2D eigenvalue weighted by molar-refractivity contribution is 9.10. The van der Waals surface area contributed by atoms with Crippen LogP contribution in [0.15, 0.2) is 40.3 Å². The van der Waals surface area contributed by atoms with Crippen LogP contribution in [0.2, 0.25) is 0 Å². The monoisotopic (exact) mass is 365 g/mol. The van der Waals surface area contributed by atoms with Gasteiger partial charge in [0.25, 0.3) is 0 Å². The predicted molar refractivity (Wildman–Crippen MR) is 89.3 cm³/mol. The highest BCUT2D eigenvalue weighted by atomic mass is 79.9. The van der Waals surface area contributed by atoms with E-state index < -0.39 is 0 Å². The van der Waals surface area contributed by atoms with Crippen molar-refractivity contribution in [2.45, 2.75) is 25.8 Å². The second-order valence-electron chi connectivity index (χ2n) is 4.85. The van der Waals surface area contributed by atoms with E-state index in [1.165, 1.54) is 0 Å². The molecule has 2 N–H and O–H groups in total. The molecule has 21 heavy (non-hydrogen) atoms. The van der Waals surface area contributed by atoms with Crippen LogP contribution in [0.5, 0.6) is 11.6 Å². The summed E-state index contributed by atoms with van der Waals surface area (Å²) < 4.78 is 9.04. The average Bonchev–Trinajstić information content (AvgIpc) is 3.04. The topological polar surface area (TPSA) is 52.5 Å². The fraction of sp³-hybridized carbons (Fsp3) is 0.267. The number of ether oxygens (including phenoxy) is 1. The molecule has 0 spiro atoms. The molecule has 0 saturated heterocycles. The van der Waals surface area contributed by atoms with Crippen LogP contribution in [0.25, 0.3) is 4.96 Å². The summed E-state index contributed by atoms with van der Waals surface area (Å²) in [6, 6.07) is 7.84. The summed E-state index contributed by atoms with van der Waals surface area (Å²) in [6.45, 7) is 2.09. The standard InChI is InChI=1S/C15H16BrN3OS/c1-2-11(17)9-13-14(18-15-19(13)7-8-21-15)20-12-5-3-10(16)4-6-12/h3-8,11H,2,9,17H2,1H3. The van der Waals surface area contributed by atoms with Crippen LogP contribution in [-0.4, -0.2) is 15.4 Å². The third kappa shape index (κ3) is 3.12. The van der Waals surface area contributed by atoms with Crippen molar-refractivity contribution in [1.29, 1.82) is 0 Å². The van der Waals surface area contributed by atoms with Gasteiger partial charge in [0, 0.05) is 28.5 Å². The zero-order valence-corrected chi connectivity index (χ0v) is 14.0. The van der Waals surface area contributed by atoms with Gasteiger partial charge in [0.15, 0.2) is 4.96 Å². The van der Waals surface area contributed by atoms with Gasteiger partial charge in [0.1, 0.15) is 5.75 Å². The quantitative estimate of drug-likeness (QED) is 0.735. The van der Waals surface area contributed by atoms with Gasteiger partial charge in [-0.25, -0.2) is 0 Å². The van der Waals surface area contributed by atoms with Crippen LogP contribution >= 0.6 is 27.3 Å². The van der Waals surface area contributed by atoms with Gasteiger partial charge in [-0.3, -0.25) is 4.40 Å². The first-order chi connectivity index (χ1) is 10.2. The molecule has 3 rings (SSSR count). The lowest BCUT2D eigenvalue weighted by Gasteiger charge is -2.10. The van der Waals surface area contributed by atoms with E-state index in [-0.39, 0.29) is 6.04 Å². The summed E-state index contributed by atoms with van der Waals surface area (Å²) in [7, 11) is 0. The normalized spacial score (nSPS) is 12.7. The second kappa shape index (κ2) is 6.17. The Bertz CT molecular complexity index is 735. The Morgan fingerprint density at radius 2 is 2.14 bits per heavy atom. The molecule has 2 aromatic heterocycles. The highest BCUT2D eigenvalue weighted by Crippen LogP contribution is 2.29. The average molecular weight is 366 g/mol. The molecular weight excluding hydrogens is 350 g/mol. The van der Waals surface area contributed by atoms with Crippen LogP contribution < -0.4 is 10.5 Å². The molecule has 1 aromatic carbocycles. The van der Waals surface area contributed by atoms with Gasteiger partial charge in [0.05, 0.1) is 5.69 Å². The van der Waals surface area contributed by atoms with Crippen LogP contribution in [-0.2, 0) is 6.42 Å². The molecule has 0 aliphatic carbocycles. The van der Waals surface area contributed by atoms with E-state index in [1.54, 1.807) is 11.3 Å². The van der Waals surface area contributed by atoms with E-state index in [2.05, 4.69) is 32.2 Å². The fourth-order valence-corrected chi connectivity index (χ4v) is 3.08. The summed E-state index contributed by atoms with van der Waals surface area (Å²) in [5, 5.41) is 2.02. The van der Waals surface area contributed by atoms with Gasteiger partial charge in [-0.1, -0.05) is 22.9 Å². The minimum atomic E-state index is 0.108. The molecule has 0 radical (unpaired) electrons. The Hall–Kier alpha value is -1.37.